The topological polar surface area (TPSA) is 108 Å². The van der Waals surface area contributed by atoms with Gasteiger partial charge in [-0.15, -0.1) is 4.36 Å². The third kappa shape index (κ3) is 4.57. The van der Waals surface area contributed by atoms with Crippen LogP contribution in [0.3, 0.4) is 0 Å². The van der Waals surface area contributed by atoms with Crippen LogP contribution in [-0.4, -0.2) is 23.3 Å². The summed E-state index contributed by atoms with van der Waals surface area (Å²) in [5.41, 5.74) is 5.69. The lowest BCUT2D eigenvalue weighted by molar-refractivity contribution is -0.119. The molecule has 0 aliphatic heterocycles. The van der Waals surface area contributed by atoms with Crippen LogP contribution in [-0.2, 0) is 14.7 Å². The number of thiophene rings is 1. The highest BCUT2D eigenvalue weighted by molar-refractivity contribution is 7.93. The van der Waals surface area contributed by atoms with Gasteiger partial charge in [-0.2, -0.15) is 0 Å². The van der Waals surface area contributed by atoms with E-state index in [1.54, 1.807) is 6.07 Å². The maximum atomic E-state index is 12.2. The van der Waals surface area contributed by atoms with Gasteiger partial charge in [0.1, 0.15) is 4.21 Å². The van der Waals surface area contributed by atoms with Crippen molar-refractivity contribution in [2.24, 2.45) is 21.2 Å². The Morgan fingerprint density at radius 2 is 2.16 bits per heavy atom. The highest BCUT2D eigenvalue weighted by Crippen LogP contribution is 2.27. The van der Waals surface area contributed by atoms with E-state index in [9.17, 15) is 9.00 Å². The molecule has 1 rings (SSSR count). The Hall–Kier alpha value is -0.960. The Balaban J connectivity index is 2.95. The number of rotatable bonds is 5. The van der Waals surface area contributed by atoms with Crippen LogP contribution in [0.2, 0.25) is 0 Å². The van der Waals surface area contributed by atoms with Crippen LogP contribution in [0.5, 0.6) is 5.06 Å². The smallest absolute Gasteiger partial charge is 0.271 e. The molecular formula is C11H19N3O3S2. The average Bonchev–Trinajstić information content (AvgIpc) is 2.76. The number of carbonyl (C=O) groups excluding carboxylic acids is 1. The zero-order valence-electron chi connectivity index (χ0n) is 11.2. The van der Waals surface area contributed by atoms with Crippen LogP contribution in [0.15, 0.2) is 20.7 Å². The molecule has 0 spiro atoms. The summed E-state index contributed by atoms with van der Waals surface area (Å²) < 4.78 is 21.1. The van der Waals surface area contributed by atoms with Crippen LogP contribution in [0, 0.1) is 5.92 Å². The van der Waals surface area contributed by atoms with Crippen molar-refractivity contribution in [3.05, 3.63) is 12.1 Å². The molecule has 4 N–H and O–H groups in total. The Morgan fingerprint density at radius 1 is 1.53 bits per heavy atom. The first-order valence-corrected chi connectivity index (χ1v) is 8.14. The van der Waals surface area contributed by atoms with E-state index in [1.807, 2.05) is 13.8 Å². The summed E-state index contributed by atoms with van der Waals surface area (Å²) in [6.45, 7) is 3.88. The van der Waals surface area contributed by atoms with Gasteiger partial charge in [-0.25, -0.2) is 9.35 Å². The molecule has 0 fully saturated rings. The van der Waals surface area contributed by atoms with Crippen molar-refractivity contribution in [2.45, 2.75) is 30.5 Å². The molecule has 6 nitrogen and oxygen atoms in total. The first kappa shape index (κ1) is 16.1. The van der Waals surface area contributed by atoms with Gasteiger partial charge in [-0.1, -0.05) is 25.2 Å². The van der Waals surface area contributed by atoms with Gasteiger partial charge in [0.2, 0.25) is 0 Å². The molecule has 0 saturated heterocycles. The minimum Gasteiger partial charge on any atom is -0.487 e. The van der Waals surface area contributed by atoms with Gasteiger partial charge in [0.05, 0.1) is 13.2 Å². The molecule has 1 heterocycles. The lowest BCUT2D eigenvalue weighted by Crippen LogP contribution is -2.32. The zero-order valence-corrected chi connectivity index (χ0v) is 12.8. The molecule has 1 amide bonds. The summed E-state index contributed by atoms with van der Waals surface area (Å²) in [6, 6.07) is 2.39. The van der Waals surface area contributed by atoms with Crippen LogP contribution in [0.4, 0.5) is 0 Å². The molecule has 1 unspecified atom stereocenters. The molecular weight excluding hydrogens is 286 g/mol. The molecule has 19 heavy (non-hydrogen) atoms. The quantitative estimate of drug-likeness (QED) is 0.856. The maximum absolute atomic E-state index is 12.2. The molecule has 108 valence electrons. The fourth-order valence-corrected chi connectivity index (χ4v) is 3.57. The Bertz CT molecular complexity index is 559. The zero-order chi connectivity index (χ0) is 14.6. The molecule has 0 aromatic carbocycles. The summed E-state index contributed by atoms with van der Waals surface area (Å²) in [5.74, 6) is -0.377. The maximum Gasteiger partial charge on any atom is 0.271 e. The fourth-order valence-electron chi connectivity index (χ4n) is 1.43. The van der Waals surface area contributed by atoms with E-state index in [-0.39, 0.29) is 5.92 Å². The molecule has 1 aromatic heterocycles. The van der Waals surface area contributed by atoms with Gasteiger partial charge in [0.15, 0.2) is 15.0 Å². The van der Waals surface area contributed by atoms with Gasteiger partial charge < -0.3 is 10.5 Å². The molecule has 1 aromatic rings. The minimum absolute atomic E-state index is 0.254. The van der Waals surface area contributed by atoms with Crippen LogP contribution in [0.25, 0.3) is 0 Å². The Labute approximate surface area is 117 Å². The molecule has 2 atom stereocenters. The summed E-state index contributed by atoms with van der Waals surface area (Å²) in [5, 5.41) is 6.17. The van der Waals surface area contributed by atoms with Gasteiger partial charge in [0.25, 0.3) is 5.91 Å². The Morgan fingerprint density at radius 3 is 2.63 bits per heavy atom. The summed E-state index contributed by atoms with van der Waals surface area (Å²) in [4.78, 5) is 11.8. The number of amides is 1. The second-order valence-electron chi connectivity index (χ2n) is 4.51. The number of hydrogen-bond donors (Lipinski definition) is 2. The molecule has 0 radical (unpaired) electrons. The third-order valence-corrected chi connectivity index (χ3v) is 5.29. The van der Waals surface area contributed by atoms with Crippen LogP contribution < -0.4 is 15.6 Å². The number of nitrogens with zero attached hydrogens (tertiary/aromatic N) is 1. The molecule has 0 saturated carbocycles. The minimum atomic E-state index is -3.25. The number of carbonyl (C=O) groups is 1. The highest BCUT2D eigenvalue weighted by atomic mass is 32.2. The SMILES string of the molecule is COc1ccc(S(N)(=O)=NC(=O)[C@@H](N)CC(C)C)s1. The van der Waals surface area contributed by atoms with Crippen LogP contribution in [0.1, 0.15) is 20.3 Å². The average molecular weight is 305 g/mol. The predicted molar refractivity (Wildman–Crippen MR) is 76.3 cm³/mol. The van der Waals surface area contributed by atoms with E-state index in [0.717, 1.165) is 11.3 Å². The van der Waals surface area contributed by atoms with Crippen molar-refractivity contribution in [2.75, 3.05) is 7.11 Å². The molecule has 8 heteroatoms. The second kappa shape index (κ2) is 6.47. The predicted octanol–water partition coefficient (Wildman–Crippen LogP) is 1.36. The van der Waals surface area contributed by atoms with E-state index in [4.69, 9.17) is 15.6 Å². The fraction of sp³-hybridized carbons (Fsp3) is 0.545. The lowest BCUT2D eigenvalue weighted by Gasteiger charge is -2.10. The van der Waals surface area contributed by atoms with Crippen molar-refractivity contribution in [1.29, 1.82) is 0 Å². The second-order valence-corrected chi connectivity index (χ2v) is 7.58. The van der Waals surface area contributed by atoms with E-state index in [0.29, 0.717) is 15.7 Å². The van der Waals surface area contributed by atoms with Crippen molar-refractivity contribution in [3.63, 3.8) is 0 Å². The largest absolute Gasteiger partial charge is 0.487 e. The van der Waals surface area contributed by atoms with Crippen molar-refractivity contribution < 1.29 is 13.7 Å². The Kier molecular flexibility index (Phi) is 5.48. The standard InChI is InChI=1S/C11H19N3O3S2/c1-7(2)6-8(12)11(15)14-19(13,16)10-5-4-9(17-3)18-10/h4-5,7-8H,6,12H2,1-3H3,(H2,13,14,15,16)/t8-,19?/m0/s1. The first-order chi connectivity index (χ1) is 8.76. The number of methoxy groups -OCH3 is 1. The molecule has 0 aliphatic rings. The van der Waals surface area contributed by atoms with Crippen LogP contribution >= 0.6 is 11.3 Å². The van der Waals surface area contributed by atoms with Gasteiger partial charge in [-0.05, 0) is 24.5 Å². The van der Waals surface area contributed by atoms with Crippen molar-refractivity contribution in [3.8, 4) is 5.06 Å². The van der Waals surface area contributed by atoms with E-state index >= 15 is 0 Å². The van der Waals surface area contributed by atoms with Crippen molar-refractivity contribution in [1.82, 2.24) is 0 Å². The van der Waals surface area contributed by atoms with E-state index in [2.05, 4.69) is 4.36 Å². The van der Waals surface area contributed by atoms with E-state index < -0.39 is 21.9 Å². The first-order valence-electron chi connectivity index (χ1n) is 5.74. The van der Waals surface area contributed by atoms with Gasteiger partial charge in [0, 0.05) is 0 Å². The molecule has 0 aliphatic carbocycles. The van der Waals surface area contributed by atoms with Crippen molar-refractivity contribution >= 4 is 27.2 Å². The van der Waals surface area contributed by atoms with E-state index in [1.165, 1.54) is 13.2 Å². The molecule has 0 bridgehead atoms. The third-order valence-electron chi connectivity index (χ3n) is 2.31. The number of nitrogens with two attached hydrogens (primary N) is 2. The monoisotopic (exact) mass is 305 g/mol. The highest BCUT2D eigenvalue weighted by Gasteiger charge is 2.19. The lowest BCUT2D eigenvalue weighted by atomic mass is 10.0. The summed E-state index contributed by atoms with van der Waals surface area (Å²) >= 11 is 1.10. The summed E-state index contributed by atoms with van der Waals surface area (Å²) in [6.07, 6.45) is 0.478. The normalized spacial score (nSPS) is 15.9. The van der Waals surface area contributed by atoms with Gasteiger partial charge in [-0.3, -0.25) is 4.79 Å². The van der Waals surface area contributed by atoms with Gasteiger partial charge >= 0.3 is 0 Å². The number of ether oxygens (including phenoxy) is 1. The summed E-state index contributed by atoms with van der Waals surface area (Å²) in [7, 11) is -1.75. The number of hydrogen-bond acceptors (Lipinski definition) is 5.